The molecular formula is C65H43NO. The number of fused-ring (bicyclic) bond motifs is 7. The summed E-state index contributed by atoms with van der Waals surface area (Å²) in [5.41, 5.74) is 19.1. The van der Waals surface area contributed by atoms with E-state index >= 15 is 0 Å². The first kappa shape index (κ1) is 38.7. The van der Waals surface area contributed by atoms with E-state index < -0.39 is 5.41 Å². The maximum atomic E-state index is 6.25. The third kappa shape index (κ3) is 6.18. The zero-order valence-electron chi connectivity index (χ0n) is 36.7. The SMILES string of the molecule is c1ccc(C2(c3ccccc3)c3ccccc3-c3c(-c4ccccc4N(c4ccc(-c5cccc6ccccc56)cc4)c4cccc(-c5ccc6oc7ccccc7c6c5)c4)cccc32)cc1. The highest BCUT2D eigenvalue weighted by atomic mass is 16.3. The highest BCUT2D eigenvalue weighted by molar-refractivity contribution is 6.07. The van der Waals surface area contributed by atoms with Gasteiger partial charge in [-0.3, -0.25) is 0 Å². The van der Waals surface area contributed by atoms with E-state index in [0.29, 0.717) is 0 Å². The van der Waals surface area contributed by atoms with Crippen LogP contribution in [0, 0.1) is 0 Å². The Kier molecular flexibility index (Phi) is 9.11. The lowest BCUT2D eigenvalue weighted by atomic mass is 9.67. The van der Waals surface area contributed by atoms with Crippen LogP contribution in [0.1, 0.15) is 22.3 Å². The fourth-order valence-corrected chi connectivity index (χ4v) is 11.0. The average molecular weight is 854 g/mol. The fourth-order valence-electron chi connectivity index (χ4n) is 11.0. The number of hydrogen-bond acceptors (Lipinski definition) is 2. The Balaban J connectivity index is 1.02. The largest absolute Gasteiger partial charge is 0.456 e. The summed E-state index contributed by atoms with van der Waals surface area (Å²) >= 11 is 0. The minimum absolute atomic E-state index is 0.508. The van der Waals surface area contributed by atoms with Crippen molar-refractivity contribution in [3.63, 3.8) is 0 Å². The van der Waals surface area contributed by atoms with Gasteiger partial charge in [0, 0.05) is 27.7 Å². The summed E-state index contributed by atoms with van der Waals surface area (Å²) in [5, 5.41) is 4.72. The molecule has 0 aliphatic heterocycles. The van der Waals surface area contributed by atoms with Crippen LogP contribution >= 0.6 is 0 Å². The van der Waals surface area contributed by atoms with Crippen molar-refractivity contribution in [3.8, 4) is 44.5 Å². The van der Waals surface area contributed by atoms with Gasteiger partial charge in [-0.1, -0.05) is 212 Å². The van der Waals surface area contributed by atoms with Gasteiger partial charge in [0.25, 0.3) is 0 Å². The molecule has 1 aliphatic carbocycles. The van der Waals surface area contributed by atoms with E-state index in [1.54, 1.807) is 0 Å². The van der Waals surface area contributed by atoms with Crippen LogP contribution < -0.4 is 4.90 Å². The monoisotopic (exact) mass is 853 g/mol. The number of nitrogens with zero attached hydrogens (tertiary/aromatic N) is 1. The Bertz CT molecular complexity index is 3760. The molecule has 0 unspecified atom stereocenters. The van der Waals surface area contributed by atoms with Crippen LogP contribution in [-0.2, 0) is 5.41 Å². The van der Waals surface area contributed by atoms with E-state index in [9.17, 15) is 0 Å². The summed E-state index contributed by atoms with van der Waals surface area (Å²) in [7, 11) is 0. The van der Waals surface area contributed by atoms with Crippen LogP contribution in [0.25, 0.3) is 77.2 Å². The number of anilines is 3. The van der Waals surface area contributed by atoms with Crippen LogP contribution in [0.3, 0.4) is 0 Å². The molecule has 2 nitrogen and oxygen atoms in total. The van der Waals surface area contributed by atoms with Crippen molar-refractivity contribution in [3.05, 3.63) is 283 Å². The van der Waals surface area contributed by atoms with Gasteiger partial charge in [0.05, 0.1) is 11.1 Å². The van der Waals surface area contributed by atoms with Crippen LogP contribution in [0.2, 0.25) is 0 Å². The molecule has 0 fully saturated rings. The van der Waals surface area contributed by atoms with Crippen LogP contribution in [0.5, 0.6) is 0 Å². The van der Waals surface area contributed by atoms with E-state index in [-0.39, 0.29) is 0 Å². The summed E-state index contributed by atoms with van der Waals surface area (Å²) in [5.74, 6) is 0. The van der Waals surface area contributed by atoms with Gasteiger partial charge in [0.15, 0.2) is 0 Å². The minimum atomic E-state index is -0.508. The third-order valence-electron chi connectivity index (χ3n) is 14.0. The number of furan rings is 1. The fraction of sp³-hybridized carbons (Fsp3) is 0.0154. The first-order valence-corrected chi connectivity index (χ1v) is 23.1. The van der Waals surface area contributed by atoms with Gasteiger partial charge < -0.3 is 9.32 Å². The number of benzene rings is 11. The van der Waals surface area contributed by atoms with Crippen LogP contribution in [0.4, 0.5) is 17.1 Å². The van der Waals surface area contributed by atoms with Crippen molar-refractivity contribution in [2.24, 2.45) is 0 Å². The molecule has 1 aromatic heterocycles. The van der Waals surface area contributed by atoms with Crippen LogP contribution in [0.15, 0.2) is 265 Å². The Morgan fingerprint density at radius 3 is 1.70 bits per heavy atom. The molecule has 0 spiro atoms. The van der Waals surface area contributed by atoms with Crippen molar-refractivity contribution >= 4 is 49.8 Å². The molecular weight excluding hydrogens is 811 g/mol. The highest BCUT2D eigenvalue weighted by Crippen LogP contribution is 2.59. The molecule has 0 amide bonds. The molecule has 1 heterocycles. The topological polar surface area (TPSA) is 16.4 Å². The Morgan fingerprint density at radius 2 is 0.881 bits per heavy atom. The lowest BCUT2D eigenvalue weighted by Gasteiger charge is -2.34. The van der Waals surface area contributed by atoms with Gasteiger partial charge in [-0.15, -0.1) is 0 Å². The van der Waals surface area contributed by atoms with E-state index in [0.717, 1.165) is 55.7 Å². The molecule has 0 atom stereocenters. The van der Waals surface area contributed by atoms with Crippen molar-refractivity contribution < 1.29 is 4.42 Å². The van der Waals surface area contributed by atoms with Crippen molar-refractivity contribution in [2.45, 2.75) is 5.41 Å². The third-order valence-corrected chi connectivity index (χ3v) is 14.0. The molecule has 0 radical (unpaired) electrons. The zero-order valence-corrected chi connectivity index (χ0v) is 36.7. The first-order valence-electron chi connectivity index (χ1n) is 23.1. The van der Waals surface area contributed by atoms with E-state index in [4.69, 9.17) is 4.42 Å². The Hall–Kier alpha value is -8.72. The second-order valence-electron chi connectivity index (χ2n) is 17.5. The smallest absolute Gasteiger partial charge is 0.135 e. The molecule has 0 bridgehead atoms. The highest BCUT2D eigenvalue weighted by Gasteiger charge is 2.47. The van der Waals surface area contributed by atoms with E-state index in [2.05, 4.69) is 254 Å². The Morgan fingerprint density at radius 1 is 0.313 bits per heavy atom. The van der Waals surface area contributed by atoms with Gasteiger partial charge in [-0.2, -0.15) is 0 Å². The molecule has 314 valence electrons. The quantitative estimate of drug-likeness (QED) is 0.151. The van der Waals surface area contributed by atoms with Gasteiger partial charge in [-0.05, 0) is 121 Å². The summed E-state index contributed by atoms with van der Waals surface area (Å²) in [6.07, 6.45) is 0. The molecule has 67 heavy (non-hydrogen) atoms. The van der Waals surface area contributed by atoms with Crippen LogP contribution in [-0.4, -0.2) is 0 Å². The van der Waals surface area contributed by atoms with Crippen molar-refractivity contribution in [1.82, 2.24) is 0 Å². The number of hydrogen-bond donors (Lipinski definition) is 0. The average Bonchev–Trinajstić information content (AvgIpc) is 3.93. The Labute approximate surface area is 390 Å². The normalized spacial score (nSPS) is 12.6. The predicted octanol–water partition coefficient (Wildman–Crippen LogP) is 17.6. The number of rotatable bonds is 8. The van der Waals surface area contributed by atoms with Gasteiger partial charge >= 0.3 is 0 Å². The molecule has 12 aromatic rings. The second-order valence-corrected chi connectivity index (χ2v) is 17.5. The summed E-state index contributed by atoms with van der Waals surface area (Å²) in [6.45, 7) is 0. The summed E-state index contributed by atoms with van der Waals surface area (Å²) in [4.78, 5) is 2.44. The molecule has 1 aliphatic rings. The lowest BCUT2D eigenvalue weighted by Crippen LogP contribution is -2.28. The lowest BCUT2D eigenvalue weighted by molar-refractivity contribution is 0.669. The minimum Gasteiger partial charge on any atom is -0.456 e. The predicted molar refractivity (Wildman–Crippen MR) is 280 cm³/mol. The standard InChI is InChI=1S/C65H43NO/c1-3-21-48(22-4-1)65(49-23-5-2-6-24-49)59-32-12-9-29-57(59)64-56(31-17-33-60(64)65)54-27-10-13-34-61(54)66(50-39-36-45(37-40-50)53-30-16-19-44-18-7-8-26-52(44)53)51-25-15-20-46(42-51)47-38-41-63-58(43-47)55-28-11-14-35-62(55)67-63/h1-43H. The number of para-hydroxylation sites is 2. The molecule has 2 heteroatoms. The summed E-state index contributed by atoms with van der Waals surface area (Å²) in [6, 6.07) is 95.2. The molecule has 11 aromatic carbocycles. The van der Waals surface area contributed by atoms with Gasteiger partial charge in [0.1, 0.15) is 11.2 Å². The molecule has 0 saturated carbocycles. The zero-order chi connectivity index (χ0) is 44.3. The van der Waals surface area contributed by atoms with Gasteiger partial charge in [-0.25, -0.2) is 0 Å². The molecule has 13 rings (SSSR count). The second kappa shape index (κ2) is 15.8. The maximum absolute atomic E-state index is 6.25. The van der Waals surface area contributed by atoms with E-state index in [1.165, 1.54) is 60.8 Å². The molecule has 0 N–H and O–H groups in total. The maximum Gasteiger partial charge on any atom is 0.135 e. The first-order chi connectivity index (χ1) is 33.2. The van der Waals surface area contributed by atoms with E-state index in [1.807, 2.05) is 12.1 Å². The van der Waals surface area contributed by atoms with Crippen molar-refractivity contribution in [2.75, 3.05) is 4.90 Å². The van der Waals surface area contributed by atoms with Crippen molar-refractivity contribution in [1.29, 1.82) is 0 Å². The summed E-state index contributed by atoms with van der Waals surface area (Å²) < 4.78 is 6.25. The molecule has 0 saturated heterocycles. The van der Waals surface area contributed by atoms with Gasteiger partial charge in [0.2, 0.25) is 0 Å².